The van der Waals surface area contributed by atoms with Crippen molar-refractivity contribution in [1.82, 2.24) is 10.2 Å². The summed E-state index contributed by atoms with van der Waals surface area (Å²) in [5, 5.41) is 11.7. The Balaban J connectivity index is 1.82. The number of piperidine rings is 1. The van der Waals surface area contributed by atoms with Gasteiger partial charge in [0.2, 0.25) is 0 Å². The van der Waals surface area contributed by atoms with Crippen molar-refractivity contribution in [1.29, 1.82) is 0 Å². The van der Waals surface area contributed by atoms with Crippen LogP contribution in [0, 0.1) is 17.6 Å². The number of carboxylic acid groups (broad SMARTS) is 1. The molecule has 0 saturated carbocycles. The molecule has 8 heteroatoms. The molecule has 0 spiro atoms. The summed E-state index contributed by atoms with van der Waals surface area (Å²) in [5.74, 6) is -3.06. The van der Waals surface area contributed by atoms with Gasteiger partial charge in [0.15, 0.2) is 11.6 Å². The van der Waals surface area contributed by atoms with E-state index >= 15 is 0 Å². The van der Waals surface area contributed by atoms with Crippen molar-refractivity contribution >= 4 is 12.0 Å². The van der Waals surface area contributed by atoms with Gasteiger partial charge in [0.25, 0.3) is 0 Å². The van der Waals surface area contributed by atoms with Crippen LogP contribution in [0.1, 0.15) is 19.8 Å². The topological polar surface area (TPSA) is 78.9 Å². The number of amides is 2. The number of benzene rings is 1. The molecule has 0 bridgehead atoms. The van der Waals surface area contributed by atoms with Crippen LogP contribution >= 0.6 is 0 Å². The number of hydrogen-bond donors (Lipinski definition) is 2. The predicted molar refractivity (Wildman–Crippen MR) is 81.8 cm³/mol. The van der Waals surface area contributed by atoms with Crippen LogP contribution in [0.25, 0.3) is 0 Å². The second-order valence-electron chi connectivity index (χ2n) is 5.86. The Morgan fingerprint density at radius 1 is 1.46 bits per heavy atom. The Kier molecular flexibility index (Phi) is 5.94. The summed E-state index contributed by atoms with van der Waals surface area (Å²) >= 11 is 0. The third-order valence-electron chi connectivity index (χ3n) is 3.81. The minimum Gasteiger partial charge on any atom is -0.488 e. The average molecular weight is 342 g/mol. The van der Waals surface area contributed by atoms with Crippen LogP contribution < -0.4 is 10.1 Å². The van der Waals surface area contributed by atoms with E-state index in [1.54, 1.807) is 6.92 Å². The Bertz CT molecular complexity index is 612. The molecular weight excluding hydrogens is 322 g/mol. The molecule has 2 N–H and O–H groups in total. The highest BCUT2D eigenvalue weighted by Crippen LogP contribution is 2.18. The number of nitrogens with one attached hydrogen (secondary N) is 1. The van der Waals surface area contributed by atoms with Crippen molar-refractivity contribution in [2.24, 2.45) is 5.92 Å². The SMILES string of the molecule is CC(COc1ccc(F)cc1F)NC(=O)N1CCC[C@@H](C(=O)O)C1. The molecule has 2 rings (SSSR count). The zero-order valence-corrected chi connectivity index (χ0v) is 13.3. The second kappa shape index (κ2) is 7.94. The number of urea groups is 1. The molecule has 0 radical (unpaired) electrons. The molecule has 1 aromatic carbocycles. The summed E-state index contributed by atoms with van der Waals surface area (Å²) in [6.45, 7) is 2.35. The maximum atomic E-state index is 13.5. The van der Waals surface area contributed by atoms with Gasteiger partial charge < -0.3 is 20.1 Å². The third-order valence-corrected chi connectivity index (χ3v) is 3.81. The average Bonchev–Trinajstić information content (AvgIpc) is 2.54. The number of halogens is 2. The lowest BCUT2D eigenvalue weighted by Crippen LogP contribution is -2.50. The first-order valence-electron chi connectivity index (χ1n) is 7.73. The molecule has 24 heavy (non-hydrogen) atoms. The first-order chi connectivity index (χ1) is 11.4. The second-order valence-corrected chi connectivity index (χ2v) is 5.86. The maximum Gasteiger partial charge on any atom is 0.317 e. The van der Waals surface area contributed by atoms with E-state index in [9.17, 15) is 18.4 Å². The van der Waals surface area contributed by atoms with E-state index in [1.807, 2.05) is 0 Å². The Morgan fingerprint density at radius 2 is 2.21 bits per heavy atom. The Hall–Kier alpha value is -2.38. The highest BCUT2D eigenvalue weighted by Gasteiger charge is 2.28. The van der Waals surface area contributed by atoms with Gasteiger partial charge in [0, 0.05) is 19.2 Å². The Labute approximate surface area is 138 Å². The van der Waals surface area contributed by atoms with E-state index in [4.69, 9.17) is 9.84 Å². The van der Waals surface area contributed by atoms with Gasteiger partial charge in [-0.25, -0.2) is 13.6 Å². The summed E-state index contributed by atoms with van der Waals surface area (Å²) in [6, 6.07) is 2.19. The molecule has 0 aromatic heterocycles. The molecule has 1 fully saturated rings. The van der Waals surface area contributed by atoms with Gasteiger partial charge in [-0.2, -0.15) is 0 Å². The number of carbonyl (C=O) groups is 2. The highest BCUT2D eigenvalue weighted by molar-refractivity contribution is 5.76. The predicted octanol–water partition coefficient (Wildman–Crippen LogP) is 2.24. The normalized spacial score (nSPS) is 18.8. The minimum absolute atomic E-state index is 0.00446. The smallest absolute Gasteiger partial charge is 0.317 e. The van der Waals surface area contributed by atoms with Crippen LogP contribution in [0.4, 0.5) is 13.6 Å². The Morgan fingerprint density at radius 3 is 2.88 bits per heavy atom. The number of rotatable bonds is 5. The summed E-state index contributed by atoms with van der Waals surface area (Å²) in [4.78, 5) is 24.6. The van der Waals surface area contributed by atoms with Gasteiger partial charge in [-0.05, 0) is 31.9 Å². The number of carboxylic acids is 1. The van der Waals surface area contributed by atoms with E-state index < -0.39 is 29.6 Å². The summed E-state index contributed by atoms with van der Waals surface area (Å²) in [7, 11) is 0. The maximum absolute atomic E-state index is 13.5. The van der Waals surface area contributed by atoms with Gasteiger partial charge in [-0.3, -0.25) is 4.79 Å². The van der Waals surface area contributed by atoms with E-state index in [-0.39, 0.29) is 24.9 Å². The third kappa shape index (κ3) is 4.81. The lowest BCUT2D eigenvalue weighted by molar-refractivity contribution is -0.143. The molecule has 2 atom stereocenters. The molecule has 132 valence electrons. The molecule has 1 aromatic rings. The fraction of sp³-hybridized carbons (Fsp3) is 0.500. The molecule has 1 aliphatic heterocycles. The molecule has 1 unspecified atom stereocenters. The number of aliphatic carboxylic acids is 1. The van der Waals surface area contributed by atoms with Crippen molar-refractivity contribution < 1.29 is 28.2 Å². The molecule has 1 heterocycles. The lowest BCUT2D eigenvalue weighted by Gasteiger charge is -2.31. The molecule has 2 amide bonds. The van der Waals surface area contributed by atoms with E-state index in [0.29, 0.717) is 19.4 Å². The van der Waals surface area contributed by atoms with Gasteiger partial charge >= 0.3 is 12.0 Å². The first-order valence-corrected chi connectivity index (χ1v) is 7.73. The molecular formula is C16H20F2N2O4. The number of carbonyl (C=O) groups excluding carboxylic acids is 1. The number of ether oxygens (including phenoxy) is 1. The number of nitrogens with zero attached hydrogens (tertiary/aromatic N) is 1. The van der Waals surface area contributed by atoms with E-state index in [0.717, 1.165) is 12.1 Å². The van der Waals surface area contributed by atoms with E-state index in [2.05, 4.69) is 5.32 Å². The monoisotopic (exact) mass is 342 g/mol. The van der Waals surface area contributed by atoms with Gasteiger partial charge in [-0.1, -0.05) is 0 Å². The molecule has 6 nitrogen and oxygen atoms in total. The quantitative estimate of drug-likeness (QED) is 0.860. The van der Waals surface area contributed by atoms with Crippen molar-refractivity contribution in [3.63, 3.8) is 0 Å². The number of hydrogen-bond acceptors (Lipinski definition) is 3. The minimum atomic E-state index is -0.907. The zero-order valence-electron chi connectivity index (χ0n) is 13.3. The van der Waals surface area contributed by atoms with Crippen molar-refractivity contribution in [3.8, 4) is 5.75 Å². The summed E-state index contributed by atoms with van der Waals surface area (Å²) in [6.07, 6.45) is 1.19. The number of likely N-dealkylation sites (tertiary alicyclic amines) is 1. The largest absolute Gasteiger partial charge is 0.488 e. The van der Waals surface area contributed by atoms with Crippen LogP contribution in [0.15, 0.2) is 18.2 Å². The van der Waals surface area contributed by atoms with Crippen molar-refractivity contribution in [3.05, 3.63) is 29.8 Å². The molecule has 1 saturated heterocycles. The molecule has 0 aliphatic carbocycles. The van der Waals surface area contributed by atoms with E-state index in [1.165, 1.54) is 11.0 Å². The zero-order chi connectivity index (χ0) is 17.7. The van der Waals surface area contributed by atoms with Gasteiger partial charge in [0.1, 0.15) is 12.4 Å². The van der Waals surface area contributed by atoms with Crippen LogP contribution in [0.5, 0.6) is 5.75 Å². The first kappa shape index (κ1) is 18.0. The van der Waals surface area contributed by atoms with Crippen molar-refractivity contribution in [2.45, 2.75) is 25.8 Å². The van der Waals surface area contributed by atoms with Gasteiger partial charge in [-0.15, -0.1) is 0 Å². The highest BCUT2D eigenvalue weighted by atomic mass is 19.1. The fourth-order valence-corrected chi connectivity index (χ4v) is 2.51. The summed E-state index contributed by atoms with van der Waals surface area (Å²) in [5.41, 5.74) is 0. The van der Waals surface area contributed by atoms with Crippen molar-refractivity contribution in [2.75, 3.05) is 19.7 Å². The fourth-order valence-electron chi connectivity index (χ4n) is 2.51. The van der Waals surface area contributed by atoms with Gasteiger partial charge in [0.05, 0.1) is 12.0 Å². The van der Waals surface area contributed by atoms with Crippen LogP contribution in [0.2, 0.25) is 0 Å². The summed E-state index contributed by atoms with van der Waals surface area (Å²) < 4.78 is 31.5. The van der Waals surface area contributed by atoms with Crippen LogP contribution in [0.3, 0.4) is 0 Å². The molecule has 1 aliphatic rings. The lowest BCUT2D eigenvalue weighted by atomic mass is 9.99. The van der Waals surface area contributed by atoms with Crippen LogP contribution in [-0.4, -0.2) is 47.7 Å². The van der Waals surface area contributed by atoms with Crippen LogP contribution in [-0.2, 0) is 4.79 Å². The standard InChI is InChI=1S/C16H20F2N2O4/c1-10(9-24-14-5-4-12(17)7-13(14)18)19-16(23)20-6-2-3-11(8-20)15(21)22/h4-5,7,10-11H,2-3,6,8-9H2,1H3,(H,19,23)(H,21,22)/t10?,11-/m1/s1.